The van der Waals surface area contributed by atoms with Crippen LogP contribution < -0.4 is 16.0 Å². The summed E-state index contributed by atoms with van der Waals surface area (Å²) in [6.45, 7) is 5.07. The number of aromatic amines is 1. The van der Waals surface area contributed by atoms with Crippen molar-refractivity contribution in [3.63, 3.8) is 0 Å². The van der Waals surface area contributed by atoms with E-state index in [4.69, 9.17) is 9.72 Å². The highest BCUT2D eigenvalue weighted by Gasteiger charge is 2.34. The molecular weight excluding hydrogens is 444 g/mol. The van der Waals surface area contributed by atoms with Crippen LogP contribution >= 0.6 is 0 Å². The third-order valence-corrected chi connectivity index (χ3v) is 6.99. The lowest BCUT2D eigenvalue weighted by molar-refractivity contribution is 0.0738. The first kappa shape index (κ1) is 23.3. The van der Waals surface area contributed by atoms with Gasteiger partial charge in [-0.2, -0.15) is 0 Å². The van der Waals surface area contributed by atoms with Crippen LogP contribution in [0.2, 0.25) is 0 Å². The van der Waals surface area contributed by atoms with Crippen molar-refractivity contribution in [3.8, 4) is 5.75 Å². The molecule has 1 aromatic carbocycles. The van der Waals surface area contributed by atoms with Gasteiger partial charge in [-0.1, -0.05) is 26.0 Å². The molecule has 3 aromatic rings. The highest BCUT2D eigenvalue weighted by atomic mass is 16.5. The number of nitrogens with one attached hydrogen (secondary N) is 1. The van der Waals surface area contributed by atoms with E-state index in [0.717, 1.165) is 49.1 Å². The van der Waals surface area contributed by atoms with Crippen LogP contribution in [0.3, 0.4) is 0 Å². The van der Waals surface area contributed by atoms with Crippen LogP contribution in [0, 0.1) is 5.92 Å². The average molecular weight is 477 g/mol. The fourth-order valence-electron chi connectivity index (χ4n) is 5.13. The van der Waals surface area contributed by atoms with E-state index in [1.165, 1.54) is 4.57 Å². The summed E-state index contributed by atoms with van der Waals surface area (Å²) in [5.41, 5.74) is 1.55. The lowest BCUT2D eigenvalue weighted by Gasteiger charge is -2.26. The average Bonchev–Trinajstić information content (AvgIpc) is 3.59. The van der Waals surface area contributed by atoms with Crippen molar-refractivity contribution in [2.45, 2.75) is 64.5 Å². The molecule has 8 nitrogen and oxygen atoms in total. The normalized spacial score (nSPS) is 17.9. The van der Waals surface area contributed by atoms with Crippen LogP contribution in [0.5, 0.6) is 5.75 Å². The number of nitrogens with zero attached hydrogens (tertiary/aromatic N) is 3. The van der Waals surface area contributed by atoms with E-state index < -0.39 is 11.2 Å². The van der Waals surface area contributed by atoms with E-state index >= 15 is 0 Å². The Morgan fingerprint density at radius 2 is 2.00 bits per heavy atom. The standard InChI is InChI=1S/C27H32N4O4/c1-16(2)15-31-24-23(25(32)29-27(31)34)21(14-22(28-24)18-9-10-18)26(33)30-11-5-7-19(30)12-17-6-4-8-20(13-17)35-3/h4,6,8,13-14,16,18-19H,5,7,9-12,15H2,1-3H3,(H,29,32,34). The molecule has 184 valence electrons. The smallest absolute Gasteiger partial charge is 0.330 e. The van der Waals surface area contributed by atoms with Gasteiger partial charge in [0.25, 0.3) is 11.5 Å². The van der Waals surface area contributed by atoms with E-state index in [-0.39, 0.29) is 29.2 Å². The predicted octanol–water partition coefficient (Wildman–Crippen LogP) is 3.47. The summed E-state index contributed by atoms with van der Waals surface area (Å²) < 4.78 is 6.88. The molecule has 2 aromatic heterocycles. The fraction of sp³-hybridized carbons (Fsp3) is 0.481. The molecule has 5 rings (SSSR count). The first-order chi connectivity index (χ1) is 16.9. The SMILES string of the molecule is COc1cccc(CC2CCCN2C(=O)c2cc(C3CC3)nc3c2c(=O)[nH]c(=O)n3CC(C)C)c1. The highest BCUT2D eigenvalue weighted by Crippen LogP contribution is 2.40. The van der Waals surface area contributed by atoms with Gasteiger partial charge in [-0.05, 0) is 61.8 Å². The molecule has 35 heavy (non-hydrogen) atoms. The molecule has 8 heteroatoms. The molecule has 1 aliphatic carbocycles. The number of rotatable bonds is 7. The Hall–Kier alpha value is -3.42. The molecular formula is C27H32N4O4. The van der Waals surface area contributed by atoms with E-state index in [1.54, 1.807) is 13.2 Å². The molecule has 0 spiro atoms. The van der Waals surface area contributed by atoms with E-state index in [0.29, 0.717) is 24.3 Å². The van der Waals surface area contributed by atoms with Gasteiger partial charge in [-0.15, -0.1) is 0 Å². The molecule has 1 unspecified atom stereocenters. The Labute approximate surface area is 203 Å². The molecule has 1 saturated carbocycles. The zero-order valence-electron chi connectivity index (χ0n) is 20.5. The maximum atomic E-state index is 14.0. The summed E-state index contributed by atoms with van der Waals surface area (Å²) in [5.74, 6) is 1.09. The minimum atomic E-state index is -0.549. The van der Waals surface area contributed by atoms with Gasteiger partial charge in [0, 0.05) is 30.7 Å². The summed E-state index contributed by atoms with van der Waals surface area (Å²) in [6, 6.07) is 9.74. The lowest BCUT2D eigenvalue weighted by atomic mass is 10.0. The van der Waals surface area contributed by atoms with Gasteiger partial charge in [0.2, 0.25) is 0 Å². The van der Waals surface area contributed by atoms with Crippen LogP contribution in [0.4, 0.5) is 0 Å². The summed E-state index contributed by atoms with van der Waals surface area (Å²) >= 11 is 0. The number of aromatic nitrogens is 3. The van der Waals surface area contributed by atoms with Gasteiger partial charge >= 0.3 is 5.69 Å². The quantitative estimate of drug-likeness (QED) is 0.563. The van der Waals surface area contributed by atoms with Crippen molar-refractivity contribution in [2.24, 2.45) is 5.92 Å². The number of ether oxygens (including phenoxy) is 1. The molecule has 0 radical (unpaired) electrons. The molecule has 1 atom stereocenters. The lowest BCUT2D eigenvalue weighted by Crippen LogP contribution is -2.39. The van der Waals surface area contributed by atoms with Crippen molar-refractivity contribution in [1.82, 2.24) is 19.4 Å². The minimum Gasteiger partial charge on any atom is -0.497 e. The monoisotopic (exact) mass is 476 g/mol. The number of likely N-dealkylation sites (tertiary alicyclic amines) is 1. The first-order valence-electron chi connectivity index (χ1n) is 12.5. The molecule has 2 fully saturated rings. The number of H-pyrrole nitrogens is 1. The molecule has 3 heterocycles. The van der Waals surface area contributed by atoms with Gasteiger partial charge in [0.05, 0.1) is 18.1 Å². The molecule has 0 bridgehead atoms. The second-order valence-electron chi connectivity index (χ2n) is 10.2. The van der Waals surface area contributed by atoms with Crippen LogP contribution in [-0.4, -0.2) is 45.0 Å². The van der Waals surface area contributed by atoms with Gasteiger partial charge in [0.15, 0.2) is 5.65 Å². The maximum absolute atomic E-state index is 14.0. The Morgan fingerprint density at radius 3 is 2.71 bits per heavy atom. The fourth-order valence-corrected chi connectivity index (χ4v) is 5.13. The number of hydrogen-bond acceptors (Lipinski definition) is 5. The summed E-state index contributed by atoms with van der Waals surface area (Å²) in [7, 11) is 1.65. The van der Waals surface area contributed by atoms with Crippen molar-refractivity contribution in [3.05, 3.63) is 68.0 Å². The Morgan fingerprint density at radius 1 is 1.20 bits per heavy atom. The minimum absolute atomic E-state index is 0.0304. The van der Waals surface area contributed by atoms with E-state index in [1.807, 2.05) is 43.0 Å². The van der Waals surface area contributed by atoms with Gasteiger partial charge < -0.3 is 9.64 Å². The molecule has 1 amide bonds. The number of benzene rings is 1. The van der Waals surface area contributed by atoms with Gasteiger partial charge in [-0.25, -0.2) is 9.78 Å². The van der Waals surface area contributed by atoms with E-state index in [9.17, 15) is 14.4 Å². The van der Waals surface area contributed by atoms with E-state index in [2.05, 4.69) is 4.98 Å². The Kier molecular flexibility index (Phi) is 6.21. The van der Waals surface area contributed by atoms with Gasteiger partial charge in [-0.3, -0.25) is 19.1 Å². The third-order valence-electron chi connectivity index (χ3n) is 6.99. The van der Waals surface area contributed by atoms with Crippen LogP contribution in [-0.2, 0) is 13.0 Å². The number of amides is 1. The van der Waals surface area contributed by atoms with Crippen molar-refractivity contribution >= 4 is 16.9 Å². The molecule has 1 saturated heterocycles. The van der Waals surface area contributed by atoms with Crippen molar-refractivity contribution < 1.29 is 9.53 Å². The second kappa shape index (κ2) is 9.32. The zero-order chi connectivity index (χ0) is 24.7. The van der Waals surface area contributed by atoms with Crippen LogP contribution in [0.15, 0.2) is 39.9 Å². The van der Waals surface area contributed by atoms with Crippen molar-refractivity contribution in [2.75, 3.05) is 13.7 Å². The highest BCUT2D eigenvalue weighted by molar-refractivity contribution is 6.05. The number of pyridine rings is 1. The number of carbonyl (C=O) groups is 1. The number of hydrogen-bond donors (Lipinski definition) is 1. The number of fused-ring (bicyclic) bond motifs is 1. The largest absolute Gasteiger partial charge is 0.497 e. The van der Waals surface area contributed by atoms with Gasteiger partial charge in [0.1, 0.15) is 5.75 Å². The second-order valence-corrected chi connectivity index (χ2v) is 10.2. The Balaban J connectivity index is 1.58. The van der Waals surface area contributed by atoms with Crippen LogP contribution in [0.25, 0.3) is 11.0 Å². The summed E-state index contributed by atoms with van der Waals surface area (Å²) in [4.78, 5) is 48.8. The molecule has 2 aliphatic rings. The molecule has 1 N–H and O–H groups in total. The Bertz CT molecular complexity index is 1390. The summed E-state index contributed by atoms with van der Waals surface area (Å²) in [6.07, 6.45) is 4.54. The van der Waals surface area contributed by atoms with Crippen molar-refractivity contribution in [1.29, 1.82) is 0 Å². The summed E-state index contributed by atoms with van der Waals surface area (Å²) in [5, 5.41) is 0.215. The molecule has 1 aliphatic heterocycles. The number of methoxy groups -OCH3 is 1. The number of carbonyl (C=O) groups excluding carboxylic acids is 1. The third kappa shape index (κ3) is 4.61. The predicted molar refractivity (Wildman–Crippen MR) is 134 cm³/mol. The first-order valence-corrected chi connectivity index (χ1v) is 12.5. The zero-order valence-corrected chi connectivity index (χ0v) is 20.5. The topological polar surface area (TPSA) is 97.3 Å². The van der Waals surface area contributed by atoms with Crippen LogP contribution in [0.1, 0.15) is 67.1 Å². The maximum Gasteiger partial charge on any atom is 0.330 e.